The number of rotatable bonds is 1. The van der Waals surface area contributed by atoms with Gasteiger partial charge in [0.05, 0.1) is 0 Å². The van der Waals surface area contributed by atoms with Crippen LogP contribution < -0.4 is 5.32 Å². The lowest BCUT2D eigenvalue weighted by molar-refractivity contribution is 0.0914. The lowest BCUT2D eigenvalue weighted by Gasteiger charge is -2.19. The van der Waals surface area contributed by atoms with Gasteiger partial charge in [0, 0.05) is 5.54 Å². The minimum absolute atomic E-state index is 0.212. The van der Waals surface area contributed by atoms with Crippen LogP contribution in [0, 0.1) is 0 Å². The third kappa shape index (κ3) is 2.38. The van der Waals surface area contributed by atoms with Crippen molar-refractivity contribution in [2.45, 2.75) is 26.3 Å². The van der Waals surface area contributed by atoms with Crippen LogP contribution in [0.3, 0.4) is 0 Å². The molecule has 0 radical (unpaired) electrons. The Kier molecular flexibility index (Phi) is 2.17. The summed E-state index contributed by atoms with van der Waals surface area (Å²) in [5, 5.41) is 2.76. The predicted molar refractivity (Wildman–Crippen MR) is 43.7 cm³/mol. The molecule has 0 aliphatic heterocycles. The predicted octanol–water partition coefficient (Wildman–Crippen LogP) is 1.20. The van der Waals surface area contributed by atoms with Crippen molar-refractivity contribution in [1.82, 2.24) is 10.3 Å². The molecule has 1 N–H and O–H groups in total. The summed E-state index contributed by atoms with van der Waals surface area (Å²) in [4.78, 5) is 15.0. The molecule has 0 aromatic carbocycles. The Morgan fingerprint density at radius 2 is 2.25 bits per heavy atom. The lowest BCUT2D eigenvalue weighted by atomic mass is 10.1. The van der Waals surface area contributed by atoms with Gasteiger partial charge in [-0.1, -0.05) is 0 Å². The monoisotopic (exact) mass is 168 g/mol. The van der Waals surface area contributed by atoms with Gasteiger partial charge in [-0.05, 0) is 20.8 Å². The smallest absolute Gasteiger partial charge is 0.273 e. The molecule has 0 saturated heterocycles. The molecule has 1 aromatic heterocycles. The van der Waals surface area contributed by atoms with E-state index < -0.39 is 0 Å². The zero-order valence-electron chi connectivity index (χ0n) is 7.42. The van der Waals surface area contributed by atoms with E-state index in [2.05, 4.69) is 14.7 Å². The van der Waals surface area contributed by atoms with Gasteiger partial charge in [-0.15, -0.1) is 0 Å². The molecule has 12 heavy (non-hydrogen) atoms. The number of amides is 1. The van der Waals surface area contributed by atoms with Crippen LogP contribution in [0.1, 0.15) is 31.3 Å². The van der Waals surface area contributed by atoms with Crippen LogP contribution in [-0.2, 0) is 0 Å². The number of oxazole rings is 1. The van der Waals surface area contributed by atoms with Crippen LogP contribution >= 0.6 is 0 Å². The number of nitrogens with zero attached hydrogens (tertiary/aromatic N) is 1. The molecule has 1 aromatic rings. The molecule has 0 saturated carbocycles. The van der Waals surface area contributed by atoms with Crippen LogP contribution in [0.4, 0.5) is 0 Å². The van der Waals surface area contributed by atoms with Crippen molar-refractivity contribution in [2.75, 3.05) is 0 Å². The standard InChI is InChI=1S/C8H12N2O2/c1-8(2,3)10-7(11)6-4-12-5-9-6/h4-5H,1-3H3,(H,10,11). The van der Waals surface area contributed by atoms with Crippen molar-refractivity contribution in [2.24, 2.45) is 0 Å². The molecule has 0 fully saturated rings. The van der Waals surface area contributed by atoms with E-state index in [4.69, 9.17) is 0 Å². The van der Waals surface area contributed by atoms with Gasteiger partial charge in [-0.25, -0.2) is 4.98 Å². The molecule has 0 atom stereocenters. The molecule has 66 valence electrons. The number of nitrogens with one attached hydrogen (secondary N) is 1. The number of aromatic nitrogens is 1. The zero-order valence-corrected chi connectivity index (χ0v) is 7.42. The maximum Gasteiger partial charge on any atom is 0.273 e. The maximum atomic E-state index is 11.3. The van der Waals surface area contributed by atoms with Gasteiger partial charge in [-0.2, -0.15) is 0 Å². The summed E-state index contributed by atoms with van der Waals surface area (Å²) in [7, 11) is 0. The highest BCUT2D eigenvalue weighted by molar-refractivity contribution is 5.92. The summed E-state index contributed by atoms with van der Waals surface area (Å²) in [5.74, 6) is -0.212. The Balaban J connectivity index is 2.63. The Morgan fingerprint density at radius 1 is 1.58 bits per heavy atom. The summed E-state index contributed by atoms with van der Waals surface area (Å²) in [6.45, 7) is 5.72. The van der Waals surface area contributed by atoms with Gasteiger partial charge in [0.25, 0.3) is 5.91 Å². The third-order valence-electron chi connectivity index (χ3n) is 1.15. The van der Waals surface area contributed by atoms with Gasteiger partial charge in [0.15, 0.2) is 12.1 Å². The summed E-state index contributed by atoms with van der Waals surface area (Å²) in [6.07, 6.45) is 2.55. The highest BCUT2D eigenvalue weighted by atomic mass is 16.3. The quantitative estimate of drug-likeness (QED) is 0.685. The minimum Gasteiger partial charge on any atom is -0.451 e. The molecule has 0 unspecified atom stereocenters. The molecular formula is C8H12N2O2. The Hall–Kier alpha value is -1.32. The first-order valence-electron chi connectivity index (χ1n) is 3.70. The average molecular weight is 168 g/mol. The number of hydrogen-bond donors (Lipinski definition) is 1. The second-order valence-electron chi connectivity index (χ2n) is 3.58. The van der Waals surface area contributed by atoms with E-state index in [-0.39, 0.29) is 11.4 Å². The van der Waals surface area contributed by atoms with Crippen molar-refractivity contribution in [3.05, 3.63) is 18.4 Å². The molecular weight excluding hydrogens is 156 g/mol. The summed E-state index contributed by atoms with van der Waals surface area (Å²) >= 11 is 0. The van der Waals surface area contributed by atoms with Gasteiger partial charge in [-0.3, -0.25) is 4.79 Å². The fraction of sp³-hybridized carbons (Fsp3) is 0.500. The van der Waals surface area contributed by atoms with Crippen LogP contribution in [0.15, 0.2) is 17.1 Å². The molecule has 0 aliphatic rings. The number of carbonyl (C=O) groups is 1. The SMILES string of the molecule is CC(C)(C)NC(=O)c1cocn1. The topological polar surface area (TPSA) is 55.1 Å². The Labute approximate surface area is 71.0 Å². The van der Waals surface area contributed by atoms with Crippen molar-refractivity contribution >= 4 is 5.91 Å². The van der Waals surface area contributed by atoms with Gasteiger partial charge in [0.1, 0.15) is 6.26 Å². The van der Waals surface area contributed by atoms with E-state index >= 15 is 0 Å². The fourth-order valence-corrected chi connectivity index (χ4v) is 0.729. The van der Waals surface area contributed by atoms with Gasteiger partial charge < -0.3 is 9.73 Å². The molecule has 4 nitrogen and oxygen atoms in total. The van der Waals surface area contributed by atoms with Crippen LogP contribution in [-0.4, -0.2) is 16.4 Å². The molecule has 1 heterocycles. The number of hydrogen-bond acceptors (Lipinski definition) is 3. The summed E-state index contributed by atoms with van der Waals surface area (Å²) in [6, 6.07) is 0. The van der Waals surface area contributed by atoms with E-state index in [0.29, 0.717) is 5.69 Å². The lowest BCUT2D eigenvalue weighted by Crippen LogP contribution is -2.40. The van der Waals surface area contributed by atoms with Crippen molar-refractivity contribution in [3.8, 4) is 0 Å². The first-order chi connectivity index (χ1) is 5.49. The largest absolute Gasteiger partial charge is 0.451 e. The van der Waals surface area contributed by atoms with E-state index in [1.165, 1.54) is 12.7 Å². The van der Waals surface area contributed by atoms with E-state index in [9.17, 15) is 4.79 Å². The van der Waals surface area contributed by atoms with Crippen LogP contribution in [0.5, 0.6) is 0 Å². The van der Waals surface area contributed by atoms with Crippen molar-refractivity contribution in [1.29, 1.82) is 0 Å². The third-order valence-corrected chi connectivity index (χ3v) is 1.15. The van der Waals surface area contributed by atoms with Gasteiger partial charge in [0.2, 0.25) is 0 Å². The van der Waals surface area contributed by atoms with E-state index in [1.807, 2.05) is 20.8 Å². The first kappa shape index (κ1) is 8.77. The highest BCUT2D eigenvalue weighted by Crippen LogP contribution is 2.01. The second kappa shape index (κ2) is 2.97. The van der Waals surface area contributed by atoms with Crippen molar-refractivity contribution < 1.29 is 9.21 Å². The van der Waals surface area contributed by atoms with E-state index in [1.54, 1.807) is 0 Å². The molecule has 0 aliphatic carbocycles. The molecule has 1 rings (SSSR count). The average Bonchev–Trinajstić information content (AvgIpc) is 2.32. The van der Waals surface area contributed by atoms with Crippen LogP contribution in [0.25, 0.3) is 0 Å². The molecule has 0 spiro atoms. The summed E-state index contributed by atoms with van der Waals surface area (Å²) in [5.41, 5.74) is 0.0701. The molecule has 4 heteroatoms. The molecule has 0 bridgehead atoms. The second-order valence-corrected chi connectivity index (χ2v) is 3.58. The maximum absolute atomic E-state index is 11.3. The molecule has 1 amide bonds. The Morgan fingerprint density at radius 3 is 2.67 bits per heavy atom. The summed E-state index contributed by atoms with van der Waals surface area (Å²) < 4.78 is 4.68. The normalized spacial score (nSPS) is 11.2. The Bertz CT molecular complexity index is 259. The van der Waals surface area contributed by atoms with Crippen molar-refractivity contribution in [3.63, 3.8) is 0 Å². The minimum atomic E-state index is -0.240. The zero-order chi connectivity index (χ0) is 9.19. The van der Waals surface area contributed by atoms with Gasteiger partial charge >= 0.3 is 0 Å². The first-order valence-corrected chi connectivity index (χ1v) is 3.70. The van der Waals surface area contributed by atoms with Crippen LogP contribution in [0.2, 0.25) is 0 Å². The fourth-order valence-electron chi connectivity index (χ4n) is 0.729. The highest BCUT2D eigenvalue weighted by Gasteiger charge is 2.16. The van der Waals surface area contributed by atoms with E-state index in [0.717, 1.165) is 0 Å². The number of carbonyl (C=O) groups excluding carboxylic acids is 1.